The molecule has 0 saturated heterocycles. The Morgan fingerprint density at radius 1 is 0.306 bits per heavy atom. The number of rotatable bonds is 7. The van der Waals surface area contributed by atoms with Gasteiger partial charge in [-0.05, 0) is 114 Å². The maximum atomic E-state index is 10.4. The van der Waals surface area contributed by atoms with Crippen molar-refractivity contribution in [3.63, 3.8) is 0 Å². The first-order valence-corrected chi connectivity index (χ1v) is 22.9. The van der Waals surface area contributed by atoms with Gasteiger partial charge in [-0.25, -0.2) is 15.0 Å². The number of nitrogens with zero attached hydrogens (tertiary/aromatic N) is 10. The van der Waals surface area contributed by atoms with E-state index in [0.717, 1.165) is 82.7 Å². The van der Waals surface area contributed by atoms with Gasteiger partial charge in [-0.15, -0.1) is 0 Å². The highest BCUT2D eigenvalue weighted by molar-refractivity contribution is 6.12. The summed E-state index contributed by atoms with van der Waals surface area (Å²) in [6.07, 6.45) is 0. The van der Waals surface area contributed by atoms with Crippen LogP contribution in [0.3, 0.4) is 0 Å². The number of nitriles is 5. The highest BCUT2D eigenvalue weighted by Crippen LogP contribution is 2.46. The third kappa shape index (κ3) is 6.96. The zero-order valence-electron chi connectivity index (χ0n) is 37.9. The molecule has 0 spiro atoms. The van der Waals surface area contributed by atoms with Crippen molar-refractivity contribution in [3.8, 4) is 98.1 Å². The summed E-state index contributed by atoms with van der Waals surface area (Å²) in [6, 6.07) is 73.3. The van der Waals surface area contributed by atoms with Gasteiger partial charge in [0, 0.05) is 38.2 Å². The summed E-state index contributed by atoms with van der Waals surface area (Å²) in [5.41, 5.74) is 12.3. The molecule has 9 aromatic carbocycles. The Morgan fingerprint density at radius 3 is 1.21 bits per heavy atom. The molecule has 0 atom stereocenters. The lowest BCUT2D eigenvalue weighted by Crippen LogP contribution is -2.06. The molecule has 72 heavy (non-hydrogen) atoms. The monoisotopic (exact) mass is 916 g/mol. The second kappa shape index (κ2) is 17.3. The fourth-order valence-electron chi connectivity index (χ4n) is 9.90. The molecular formula is C62H32N10. The van der Waals surface area contributed by atoms with Crippen molar-refractivity contribution in [3.05, 3.63) is 222 Å². The minimum Gasteiger partial charge on any atom is -0.309 e. The standard InChI is InChI=1S/C62H32N10/c63-33-38-18-23-53-48(28-38)49-29-39(34-64)19-24-54(49)71(53)57-27-22-44(46-15-8-7-14-45(46)37-67)32-52(57)47-16-9-17-58(72-55-25-20-40(35-65)30-50(55)51-31-41(36-66)21-26-56(51)72)59(47)62-69-60(42-10-3-1-4-11-42)68-61(70-62)43-12-5-2-6-13-43/h1-32H. The van der Waals surface area contributed by atoms with Crippen LogP contribution in [0.2, 0.25) is 0 Å². The van der Waals surface area contributed by atoms with Gasteiger partial charge in [0.05, 0.1) is 97.2 Å². The third-order valence-electron chi connectivity index (χ3n) is 13.1. The van der Waals surface area contributed by atoms with Crippen molar-refractivity contribution >= 4 is 43.6 Å². The molecule has 0 fully saturated rings. The Balaban J connectivity index is 1.27. The van der Waals surface area contributed by atoms with E-state index in [9.17, 15) is 26.3 Å². The Morgan fingerprint density at radius 2 is 0.736 bits per heavy atom. The van der Waals surface area contributed by atoms with E-state index >= 15 is 0 Å². The number of aromatic nitrogens is 5. The molecule has 10 heteroatoms. The molecule has 12 aromatic rings. The summed E-state index contributed by atoms with van der Waals surface area (Å²) in [5, 5.41) is 54.1. The molecule has 0 bridgehead atoms. The van der Waals surface area contributed by atoms with E-state index in [-0.39, 0.29) is 0 Å². The summed E-state index contributed by atoms with van der Waals surface area (Å²) in [7, 11) is 0. The Kier molecular flexibility index (Phi) is 10.2. The van der Waals surface area contributed by atoms with Crippen molar-refractivity contribution in [1.82, 2.24) is 24.1 Å². The van der Waals surface area contributed by atoms with E-state index in [1.54, 1.807) is 30.3 Å². The number of benzene rings is 9. The van der Waals surface area contributed by atoms with Crippen molar-refractivity contribution in [1.29, 1.82) is 26.3 Å². The molecule has 3 aromatic heterocycles. The molecule has 3 heterocycles. The summed E-state index contributed by atoms with van der Waals surface area (Å²) in [5.74, 6) is 1.29. The number of fused-ring (bicyclic) bond motifs is 6. The van der Waals surface area contributed by atoms with Crippen LogP contribution < -0.4 is 0 Å². The van der Waals surface area contributed by atoms with Crippen molar-refractivity contribution in [2.24, 2.45) is 0 Å². The Hall–Kier alpha value is -11.0. The minimum absolute atomic E-state index is 0.374. The number of hydrogen-bond acceptors (Lipinski definition) is 8. The lowest BCUT2D eigenvalue weighted by atomic mass is 9.91. The minimum atomic E-state index is 0.374. The molecular weight excluding hydrogens is 885 g/mol. The molecule has 0 saturated carbocycles. The molecule has 0 N–H and O–H groups in total. The first-order valence-electron chi connectivity index (χ1n) is 22.9. The molecule has 0 aliphatic heterocycles. The molecule has 0 radical (unpaired) electrons. The summed E-state index contributed by atoms with van der Waals surface area (Å²) < 4.78 is 4.30. The van der Waals surface area contributed by atoms with E-state index < -0.39 is 0 Å². The van der Waals surface area contributed by atoms with Gasteiger partial charge in [-0.2, -0.15) is 26.3 Å². The van der Waals surface area contributed by atoms with Gasteiger partial charge in [0.15, 0.2) is 17.5 Å². The molecule has 0 aliphatic rings. The highest BCUT2D eigenvalue weighted by Gasteiger charge is 2.26. The van der Waals surface area contributed by atoms with Gasteiger partial charge < -0.3 is 9.13 Å². The molecule has 330 valence electrons. The molecule has 10 nitrogen and oxygen atoms in total. The fraction of sp³-hybridized carbons (Fsp3) is 0. The average molecular weight is 917 g/mol. The van der Waals surface area contributed by atoms with Crippen LogP contribution in [0.1, 0.15) is 27.8 Å². The summed E-state index contributed by atoms with van der Waals surface area (Å²) >= 11 is 0. The Bertz CT molecular complexity index is 4250. The van der Waals surface area contributed by atoms with Crippen LogP contribution in [0, 0.1) is 56.7 Å². The normalized spacial score (nSPS) is 11.0. The van der Waals surface area contributed by atoms with Crippen LogP contribution in [-0.4, -0.2) is 24.1 Å². The molecule has 12 rings (SSSR count). The second-order valence-electron chi connectivity index (χ2n) is 17.2. The summed E-state index contributed by atoms with van der Waals surface area (Å²) in [4.78, 5) is 15.8. The molecule has 0 unspecified atom stereocenters. The van der Waals surface area contributed by atoms with E-state index in [1.807, 2.05) is 146 Å². The number of hydrogen-bond donors (Lipinski definition) is 0. The van der Waals surface area contributed by atoms with Crippen molar-refractivity contribution < 1.29 is 0 Å². The SMILES string of the molecule is N#Cc1ccc2c(c1)c1cc(C#N)ccc1n2-c1ccc(-c2ccccc2C#N)cc1-c1cccc(-n2c3ccc(C#N)cc3c3cc(C#N)ccc32)c1-c1nc(-c2ccccc2)nc(-c2ccccc2)n1. The quantitative estimate of drug-likeness (QED) is 0.152. The second-order valence-corrected chi connectivity index (χ2v) is 17.2. The van der Waals surface area contributed by atoms with Gasteiger partial charge in [0.2, 0.25) is 0 Å². The van der Waals surface area contributed by atoms with Crippen LogP contribution in [0.4, 0.5) is 0 Å². The largest absolute Gasteiger partial charge is 0.309 e. The molecule has 0 amide bonds. The predicted molar refractivity (Wildman–Crippen MR) is 279 cm³/mol. The lowest BCUT2D eigenvalue weighted by molar-refractivity contribution is 1.06. The van der Waals surface area contributed by atoms with Gasteiger partial charge in [0.1, 0.15) is 0 Å². The average Bonchev–Trinajstić information content (AvgIpc) is 3.95. The fourth-order valence-corrected chi connectivity index (χ4v) is 9.90. The van der Waals surface area contributed by atoms with Crippen LogP contribution in [0.5, 0.6) is 0 Å². The van der Waals surface area contributed by atoms with Crippen LogP contribution in [-0.2, 0) is 0 Å². The van der Waals surface area contributed by atoms with E-state index in [4.69, 9.17) is 15.0 Å². The smallest absolute Gasteiger partial charge is 0.166 e. The first kappa shape index (κ1) is 42.4. The predicted octanol–water partition coefficient (Wildman–Crippen LogP) is 13.8. The Labute approximate surface area is 412 Å². The van der Waals surface area contributed by atoms with Crippen molar-refractivity contribution in [2.75, 3.05) is 0 Å². The maximum Gasteiger partial charge on any atom is 0.166 e. The zero-order valence-corrected chi connectivity index (χ0v) is 37.9. The van der Waals surface area contributed by atoms with Gasteiger partial charge in [-0.3, -0.25) is 0 Å². The first-order chi connectivity index (χ1) is 35.5. The topological polar surface area (TPSA) is 167 Å². The van der Waals surface area contributed by atoms with Crippen molar-refractivity contribution in [2.45, 2.75) is 0 Å². The van der Waals surface area contributed by atoms with E-state index in [2.05, 4.69) is 57.7 Å². The van der Waals surface area contributed by atoms with Gasteiger partial charge in [-0.1, -0.05) is 97.1 Å². The maximum absolute atomic E-state index is 10.4. The third-order valence-corrected chi connectivity index (χ3v) is 13.1. The van der Waals surface area contributed by atoms with Crippen LogP contribution >= 0.6 is 0 Å². The van der Waals surface area contributed by atoms with E-state index in [0.29, 0.717) is 56.5 Å². The van der Waals surface area contributed by atoms with E-state index in [1.165, 1.54) is 0 Å². The van der Waals surface area contributed by atoms with Crippen LogP contribution in [0.25, 0.3) is 111 Å². The van der Waals surface area contributed by atoms with Gasteiger partial charge in [0.25, 0.3) is 0 Å². The van der Waals surface area contributed by atoms with Gasteiger partial charge >= 0.3 is 0 Å². The van der Waals surface area contributed by atoms with Crippen LogP contribution in [0.15, 0.2) is 194 Å². The highest BCUT2D eigenvalue weighted by atomic mass is 15.1. The lowest BCUT2D eigenvalue weighted by Gasteiger charge is -2.21. The zero-order chi connectivity index (χ0) is 48.9. The summed E-state index contributed by atoms with van der Waals surface area (Å²) in [6.45, 7) is 0. The molecule has 0 aliphatic carbocycles.